The molecule has 1 aromatic heterocycles. The molecule has 1 amide bonds. The maximum Gasteiger partial charge on any atom is 0.573 e. The average molecular weight is 373 g/mol. The van der Waals surface area contributed by atoms with E-state index in [1.165, 1.54) is 23.5 Å². The molecule has 25 heavy (non-hydrogen) atoms. The maximum atomic E-state index is 12.2. The lowest BCUT2D eigenvalue weighted by molar-refractivity contribution is -0.274. The third-order valence-electron chi connectivity index (χ3n) is 2.84. The zero-order valence-electron chi connectivity index (χ0n) is 13.9. The van der Waals surface area contributed by atoms with Gasteiger partial charge in [0.25, 0.3) is 0 Å². The van der Waals surface area contributed by atoms with E-state index in [1.54, 1.807) is 32.9 Å². The van der Waals surface area contributed by atoms with E-state index in [1.807, 2.05) is 12.1 Å². The van der Waals surface area contributed by atoms with Gasteiger partial charge in [-0.15, -0.1) is 24.5 Å². The van der Waals surface area contributed by atoms with Crippen LogP contribution < -0.4 is 10.1 Å². The molecule has 0 spiro atoms. The highest BCUT2D eigenvalue weighted by atomic mass is 32.1. The Labute approximate surface area is 147 Å². The molecule has 0 bridgehead atoms. The first-order valence-corrected chi connectivity index (χ1v) is 8.25. The van der Waals surface area contributed by atoms with Crippen LogP contribution in [0.5, 0.6) is 5.75 Å². The lowest BCUT2D eigenvalue weighted by Crippen LogP contribution is -2.31. The quantitative estimate of drug-likeness (QED) is 0.787. The second-order valence-electron chi connectivity index (χ2n) is 6.19. The second-order valence-corrected chi connectivity index (χ2v) is 7.36. The molecule has 1 aromatic carbocycles. The molecule has 0 aliphatic heterocycles. The number of amides is 1. The van der Waals surface area contributed by atoms with E-state index in [-0.39, 0.29) is 5.75 Å². The van der Waals surface area contributed by atoms with Gasteiger partial charge in [-0.2, -0.15) is 0 Å². The summed E-state index contributed by atoms with van der Waals surface area (Å²) in [6, 6.07) is 9.33. The van der Waals surface area contributed by atoms with E-state index in [2.05, 4.69) is 10.1 Å². The number of alkyl halides is 3. The molecular formula is C17H18F3NO3S. The first-order chi connectivity index (χ1) is 11.5. The minimum absolute atomic E-state index is 0.264. The molecule has 0 saturated heterocycles. The van der Waals surface area contributed by atoms with E-state index in [4.69, 9.17) is 4.74 Å². The summed E-state index contributed by atoms with van der Waals surface area (Å²) < 4.78 is 45.5. The molecule has 0 fully saturated rings. The highest BCUT2D eigenvalue weighted by Crippen LogP contribution is 2.30. The minimum atomic E-state index is -4.70. The maximum absolute atomic E-state index is 12.2. The Bertz CT molecular complexity index is 718. The van der Waals surface area contributed by atoms with Gasteiger partial charge in [-0.3, -0.25) is 0 Å². The smallest absolute Gasteiger partial charge is 0.444 e. The molecule has 0 aliphatic rings. The molecule has 0 unspecified atom stereocenters. The fraction of sp³-hybridized carbons (Fsp3) is 0.353. The molecule has 1 N–H and O–H groups in total. The van der Waals surface area contributed by atoms with Gasteiger partial charge < -0.3 is 14.8 Å². The van der Waals surface area contributed by atoms with E-state index >= 15 is 0 Å². The molecule has 0 saturated carbocycles. The van der Waals surface area contributed by atoms with Crippen LogP contribution in [0.15, 0.2) is 36.4 Å². The van der Waals surface area contributed by atoms with Crippen molar-refractivity contribution in [2.24, 2.45) is 0 Å². The summed E-state index contributed by atoms with van der Waals surface area (Å²) in [7, 11) is 0. The van der Waals surface area contributed by atoms with Gasteiger partial charge in [0.1, 0.15) is 11.4 Å². The number of rotatable bonds is 4. The van der Waals surface area contributed by atoms with Crippen molar-refractivity contribution in [3.05, 3.63) is 41.3 Å². The molecule has 4 nitrogen and oxygen atoms in total. The number of ether oxygens (including phenoxy) is 2. The molecule has 2 rings (SSSR count). The summed E-state index contributed by atoms with van der Waals surface area (Å²) in [6.07, 6.45) is -5.21. The van der Waals surface area contributed by atoms with Gasteiger partial charge in [0.2, 0.25) is 0 Å². The number of carbonyl (C=O) groups is 1. The summed E-state index contributed by atoms with van der Waals surface area (Å²) in [4.78, 5) is 13.4. The van der Waals surface area contributed by atoms with Crippen molar-refractivity contribution >= 4 is 17.4 Å². The third kappa shape index (κ3) is 6.66. The molecule has 136 valence electrons. The second kappa shape index (κ2) is 7.35. The molecule has 0 aliphatic carbocycles. The van der Waals surface area contributed by atoms with Crippen LogP contribution in [-0.4, -0.2) is 18.1 Å². The van der Waals surface area contributed by atoms with Crippen LogP contribution in [0.2, 0.25) is 0 Å². The van der Waals surface area contributed by atoms with Crippen molar-refractivity contribution in [2.75, 3.05) is 0 Å². The summed E-state index contributed by atoms with van der Waals surface area (Å²) >= 11 is 1.43. The minimum Gasteiger partial charge on any atom is -0.444 e. The van der Waals surface area contributed by atoms with Crippen molar-refractivity contribution < 1.29 is 27.4 Å². The Hall–Kier alpha value is -2.22. The highest BCUT2D eigenvalue weighted by molar-refractivity contribution is 7.15. The van der Waals surface area contributed by atoms with Gasteiger partial charge in [0.05, 0.1) is 6.54 Å². The number of benzene rings is 1. The summed E-state index contributed by atoms with van der Waals surface area (Å²) in [5.41, 5.74) is 0.202. The SMILES string of the molecule is CC(C)(C)OC(=O)NCc1ccc(-c2ccc(OC(F)(F)F)cc2)s1. The van der Waals surface area contributed by atoms with Crippen molar-refractivity contribution in [3.8, 4) is 16.2 Å². The van der Waals surface area contributed by atoms with Crippen molar-refractivity contribution in [2.45, 2.75) is 39.3 Å². The van der Waals surface area contributed by atoms with Gasteiger partial charge in [-0.1, -0.05) is 0 Å². The fourth-order valence-corrected chi connectivity index (χ4v) is 2.88. The standard InChI is InChI=1S/C17H18F3NO3S/c1-16(2,3)24-15(22)21-10-13-8-9-14(25-13)11-4-6-12(7-5-11)23-17(18,19)20/h4-9H,10H2,1-3H3,(H,21,22). The van der Waals surface area contributed by atoms with Gasteiger partial charge >= 0.3 is 12.5 Å². The molecule has 0 atom stereocenters. The molecule has 1 heterocycles. The number of hydrogen-bond donors (Lipinski definition) is 1. The Morgan fingerprint density at radius 3 is 2.28 bits per heavy atom. The lowest BCUT2D eigenvalue weighted by atomic mass is 10.2. The Kier molecular flexibility index (Phi) is 5.62. The van der Waals surface area contributed by atoms with E-state index in [9.17, 15) is 18.0 Å². The van der Waals surface area contributed by atoms with E-state index < -0.39 is 18.1 Å². The third-order valence-corrected chi connectivity index (χ3v) is 3.97. The lowest BCUT2D eigenvalue weighted by Gasteiger charge is -2.19. The van der Waals surface area contributed by atoms with E-state index in [0.29, 0.717) is 6.54 Å². The van der Waals surface area contributed by atoms with Crippen molar-refractivity contribution in [1.82, 2.24) is 5.32 Å². The molecule has 8 heteroatoms. The monoisotopic (exact) mass is 373 g/mol. The highest BCUT2D eigenvalue weighted by Gasteiger charge is 2.30. The van der Waals surface area contributed by atoms with Crippen molar-refractivity contribution in [1.29, 1.82) is 0 Å². The van der Waals surface area contributed by atoms with E-state index in [0.717, 1.165) is 15.3 Å². The topological polar surface area (TPSA) is 47.6 Å². The number of hydrogen-bond acceptors (Lipinski definition) is 4. The predicted octanol–water partition coefficient (Wildman–Crippen LogP) is 5.34. The number of nitrogens with one attached hydrogen (secondary N) is 1. The van der Waals surface area contributed by atoms with Gasteiger partial charge in [-0.05, 0) is 62.7 Å². The molecule has 2 aromatic rings. The van der Waals surface area contributed by atoms with Crippen LogP contribution >= 0.6 is 11.3 Å². The van der Waals surface area contributed by atoms with Crippen LogP contribution in [0.4, 0.5) is 18.0 Å². The van der Waals surface area contributed by atoms with Crippen LogP contribution in [0.3, 0.4) is 0 Å². The number of alkyl carbamates (subject to hydrolysis) is 1. The Morgan fingerprint density at radius 2 is 1.72 bits per heavy atom. The Morgan fingerprint density at radius 1 is 1.08 bits per heavy atom. The fourth-order valence-electron chi connectivity index (χ4n) is 1.92. The average Bonchev–Trinajstić information content (AvgIpc) is 2.91. The van der Waals surface area contributed by atoms with Gasteiger partial charge in [0, 0.05) is 9.75 Å². The zero-order valence-corrected chi connectivity index (χ0v) is 14.8. The van der Waals surface area contributed by atoms with Crippen LogP contribution in [0.25, 0.3) is 10.4 Å². The number of thiophene rings is 1. The van der Waals surface area contributed by atoms with Crippen LogP contribution in [-0.2, 0) is 11.3 Å². The zero-order chi connectivity index (χ0) is 18.7. The largest absolute Gasteiger partial charge is 0.573 e. The predicted molar refractivity (Wildman–Crippen MR) is 89.5 cm³/mol. The molecular weight excluding hydrogens is 355 g/mol. The number of halogens is 3. The summed E-state index contributed by atoms with van der Waals surface area (Å²) in [5.74, 6) is -0.264. The Balaban J connectivity index is 1.95. The van der Waals surface area contributed by atoms with Gasteiger partial charge in [-0.25, -0.2) is 4.79 Å². The normalized spacial score (nSPS) is 11.9. The first-order valence-electron chi connectivity index (χ1n) is 7.43. The first kappa shape index (κ1) is 19.1. The van der Waals surface area contributed by atoms with Crippen molar-refractivity contribution in [3.63, 3.8) is 0 Å². The number of carbonyl (C=O) groups excluding carboxylic acids is 1. The summed E-state index contributed by atoms with van der Waals surface area (Å²) in [6.45, 7) is 5.65. The van der Waals surface area contributed by atoms with Gasteiger partial charge in [0.15, 0.2) is 0 Å². The van der Waals surface area contributed by atoms with Crippen LogP contribution in [0, 0.1) is 0 Å². The molecule has 0 radical (unpaired) electrons. The summed E-state index contributed by atoms with van der Waals surface area (Å²) in [5, 5.41) is 2.66. The van der Waals surface area contributed by atoms with Crippen LogP contribution in [0.1, 0.15) is 25.6 Å².